The van der Waals surface area contributed by atoms with Gasteiger partial charge in [0.1, 0.15) is 0 Å². The third kappa shape index (κ3) is 3.21. The van der Waals surface area contributed by atoms with Gasteiger partial charge in [0.25, 0.3) is 5.91 Å². The number of hydrogen-bond donors (Lipinski definition) is 0. The maximum Gasteiger partial charge on any atom is 0.253 e. The highest BCUT2D eigenvalue weighted by Gasteiger charge is 2.13. The largest absolute Gasteiger partial charge is 0.336 e. The first-order valence-corrected chi connectivity index (χ1v) is 6.28. The molecule has 0 unspecified atom stereocenters. The van der Waals surface area contributed by atoms with E-state index in [1.54, 1.807) is 36.2 Å². The summed E-state index contributed by atoms with van der Waals surface area (Å²) in [6.07, 6.45) is 0. The van der Waals surface area contributed by atoms with Gasteiger partial charge in [-0.1, -0.05) is 12.1 Å². The predicted molar refractivity (Wildman–Crippen MR) is 75.9 cm³/mol. The van der Waals surface area contributed by atoms with Gasteiger partial charge in [0.15, 0.2) is 0 Å². The van der Waals surface area contributed by atoms with Gasteiger partial charge in [0, 0.05) is 18.3 Å². The Morgan fingerprint density at radius 1 is 1.30 bits per heavy atom. The Hall–Kier alpha value is -2.67. The lowest BCUT2D eigenvalue weighted by atomic mass is 10.1. The SMILES string of the molecule is Cc1cccc(CN(C)C(=O)c2cccc(C#N)c2)n1. The molecule has 0 aliphatic rings. The Kier molecular flexibility index (Phi) is 4.11. The van der Waals surface area contributed by atoms with Gasteiger partial charge in [-0.2, -0.15) is 5.26 Å². The molecule has 4 nitrogen and oxygen atoms in total. The van der Waals surface area contributed by atoms with E-state index in [1.807, 2.05) is 31.2 Å². The quantitative estimate of drug-likeness (QED) is 0.857. The van der Waals surface area contributed by atoms with E-state index in [2.05, 4.69) is 4.98 Å². The van der Waals surface area contributed by atoms with Crippen LogP contribution < -0.4 is 0 Å². The molecule has 0 saturated carbocycles. The molecule has 0 spiro atoms. The standard InChI is InChI=1S/C16H15N3O/c1-12-5-3-8-15(18-12)11-19(2)16(20)14-7-4-6-13(9-14)10-17/h3-9H,11H2,1-2H3. The number of hydrogen-bond acceptors (Lipinski definition) is 3. The zero-order chi connectivity index (χ0) is 14.5. The number of amides is 1. The molecule has 0 fully saturated rings. The Bertz CT molecular complexity index is 673. The van der Waals surface area contributed by atoms with Crippen LogP contribution in [0.25, 0.3) is 0 Å². The minimum Gasteiger partial charge on any atom is -0.336 e. The molecule has 2 rings (SSSR count). The average molecular weight is 265 g/mol. The van der Waals surface area contributed by atoms with Crippen molar-refractivity contribution in [3.8, 4) is 6.07 Å². The minimum atomic E-state index is -0.120. The number of pyridine rings is 1. The lowest BCUT2D eigenvalue weighted by molar-refractivity contribution is 0.0783. The van der Waals surface area contributed by atoms with Crippen LogP contribution in [0.4, 0.5) is 0 Å². The number of benzene rings is 1. The van der Waals surface area contributed by atoms with Crippen molar-refractivity contribution in [2.45, 2.75) is 13.5 Å². The van der Waals surface area contributed by atoms with E-state index in [-0.39, 0.29) is 5.91 Å². The van der Waals surface area contributed by atoms with Crippen LogP contribution in [0.15, 0.2) is 42.5 Å². The maximum absolute atomic E-state index is 12.3. The molecule has 20 heavy (non-hydrogen) atoms. The number of aryl methyl sites for hydroxylation is 1. The predicted octanol–water partition coefficient (Wildman–Crippen LogP) is 2.53. The van der Waals surface area contributed by atoms with Crippen molar-refractivity contribution in [3.05, 3.63) is 65.0 Å². The second kappa shape index (κ2) is 5.98. The molecule has 0 N–H and O–H groups in total. The first kappa shape index (κ1) is 13.8. The van der Waals surface area contributed by atoms with Gasteiger partial charge in [-0.15, -0.1) is 0 Å². The third-order valence-corrected chi connectivity index (χ3v) is 2.93. The monoisotopic (exact) mass is 265 g/mol. The van der Waals surface area contributed by atoms with E-state index in [9.17, 15) is 4.79 Å². The maximum atomic E-state index is 12.3. The summed E-state index contributed by atoms with van der Waals surface area (Å²) in [7, 11) is 1.73. The van der Waals surface area contributed by atoms with Gasteiger partial charge in [-0.3, -0.25) is 9.78 Å². The zero-order valence-corrected chi connectivity index (χ0v) is 11.5. The lowest BCUT2D eigenvalue weighted by Crippen LogP contribution is -2.26. The van der Waals surface area contributed by atoms with Gasteiger partial charge < -0.3 is 4.90 Å². The van der Waals surface area contributed by atoms with E-state index in [0.29, 0.717) is 17.7 Å². The van der Waals surface area contributed by atoms with E-state index in [1.165, 1.54) is 0 Å². The summed E-state index contributed by atoms with van der Waals surface area (Å²) in [5, 5.41) is 8.86. The van der Waals surface area contributed by atoms with Gasteiger partial charge >= 0.3 is 0 Å². The lowest BCUT2D eigenvalue weighted by Gasteiger charge is -2.17. The molecular formula is C16H15N3O. The fraction of sp³-hybridized carbons (Fsp3) is 0.188. The van der Waals surface area contributed by atoms with Crippen molar-refractivity contribution in [1.82, 2.24) is 9.88 Å². The second-order valence-corrected chi connectivity index (χ2v) is 4.62. The van der Waals surface area contributed by atoms with Gasteiger partial charge in [-0.05, 0) is 37.3 Å². The van der Waals surface area contributed by atoms with Gasteiger partial charge in [0.2, 0.25) is 0 Å². The first-order valence-electron chi connectivity index (χ1n) is 6.28. The van der Waals surface area contributed by atoms with Crippen LogP contribution >= 0.6 is 0 Å². The Morgan fingerprint density at radius 3 is 2.75 bits per heavy atom. The molecular weight excluding hydrogens is 250 g/mol. The van der Waals surface area contributed by atoms with E-state index in [4.69, 9.17) is 5.26 Å². The molecule has 4 heteroatoms. The molecule has 1 aromatic carbocycles. The van der Waals surface area contributed by atoms with Crippen molar-refractivity contribution >= 4 is 5.91 Å². The summed E-state index contributed by atoms with van der Waals surface area (Å²) < 4.78 is 0. The summed E-state index contributed by atoms with van der Waals surface area (Å²) in [6, 6.07) is 14.5. The number of rotatable bonds is 3. The fourth-order valence-electron chi connectivity index (χ4n) is 1.94. The summed E-state index contributed by atoms with van der Waals surface area (Å²) >= 11 is 0. The number of nitriles is 1. The zero-order valence-electron chi connectivity index (χ0n) is 11.5. The molecule has 0 aliphatic heterocycles. The van der Waals surface area contributed by atoms with Crippen LogP contribution in [0, 0.1) is 18.3 Å². The molecule has 0 bridgehead atoms. The van der Waals surface area contributed by atoms with E-state index >= 15 is 0 Å². The van der Waals surface area contributed by atoms with E-state index < -0.39 is 0 Å². The topological polar surface area (TPSA) is 57.0 Å². The smallest absolute Gasteiger partial charge is 0.253 e. The molecule has 0 radical (unpaired) electrons. The van der Waals surface area contributed by atoms with Crippen LogP contribution in [0.3, 0.4) is 0 Å². The van der Waals surface area contributed by atoms with Crippen LogP contribution in [0.5, 0.6) is 0 Å². The number of nitrogens with zero attached hydrogens (tertiary/aromatic N) is 3. The second-order valence-electron chi connectivity index (χ2n) is 4.62. The fourth-order valence-corrected chi connectivity index (χ4v) is 1.94. The molecule has 1 heterocycles. The number of carbonyl (C=O) groups excluding carboxylic acids is 1. The Morgan fingerprint density at radius 2 is 2.05 bits per heavy atom. The van der Waals surface area contributed by atoms with Crippen molar-refractivity contribution in [1.29, 1.82) is 5.26 Å². The first-order chi connectivity index (χ1) is 9.60. The van der Waals surface area contributed by atoms with Crippen LogP contribution in [0.1, 0.15) is 27.3 Å². The average Bonchev–Trinajstić information content (AvgIpc) is 2.46. The molecule has 100 valence electrons. The summed E-state index contributed by atoms with van der Waals surface area (Å²) in [5.74, 6) is -0.120. The Labute approximate surface area is 118 Å². The van der Waals surface area contributed by atoms with Crippen LogP contribution in [-0.2, 0) is 6.54 Å². The summed E-state index contributed by atoms with van der Waals surface area (Å²) in [4.78, 5) is 18.3. The molecule has 0 aliphatic carbocycles. The highest BCUT2D eigenvalue weighted by atomic mass is 16.2. The van der Waals surface area contributed by atoms with Crippen LogP contribution in [-0.4, -0.2) is 22.8 Å². The highest BCUT2D eigenvalue weighted by Crippen LogP contribution is 2.09. The van der Waals surface area contributed by atoms with Gasteiger partial charge in [-0.25, -0.2) is 0 Å². The van der Waals surface area contributed by atoms with Gasteiger partial charge in [0.05, 0.1) is 23.9 Å². The molecule has 0 atom stereocenters. The van der Waals surface area contributed by atoms with Crippen molar-refractivity contribution in [3.63, 3.8) is 0 Å². The minimum absolute atomic E-state index is 0.120. The van der Waals surface area contributed by atoms with Crippen molar-refractivity contribution in [2.24, 2.45) is 0 Å². The van der Waals surface area contributed by atoms with Crippen molar-refractivity contribution < 1.29 is 4.79 Å². The summed E-state index contributed by atoms with van der Waals surface area (Å²) in [6.45, 7) is 2.36. The third-order valence-electron chi connectivity index (χ3n) is 2.93. The number of aromatic nitrogens is 1. The molecule has 0 saturated heterocycles. The number of carbonyl (C=O) groups is 1. The van der Waals surface area contributed by atoms with Crippen LogP contribution in [0.2, 0.25) is 0 Å². The molecule has 2 aromatic rings. The Balaban J connectivity index is 2.14. The summed E-state index contributed by atoms with van der Waals surface area (Å²) in [5.41, 5.74) is 2.77. The molecule has 1 amide bonds. The van der Waals surface area contributed by atoms with E-state index in [0.717, 1.165) is 11.4 Å². The molecule has 1 aromatic heterocycles. The highest BCUT2D eigenvalue weighted by molar-refractivity contribution is 5.94. The normalized spacial score (nSPS) is 9.85. The van der Waals surface area contributed by atoms with Crippen molar-refractivity contribution in [2.75, 3.05) is 7.05 Å².